The summed E-state index contributed by atoms with van der Waals surface area (Å²) >= 11 is 0. The minimum absolute atomic E-state index is 0.166. The Morgan fingerprint density at radius 1 is 1.30 bits per heavy atom. The van der Waals surface area contributed by atoms with Crippen LogP contribution in [0.5, 0.6) is 11.5 Å². The predicted octanol–water partition coefficient (Wildman–Crippen LogP) is 0.753. The highest BCUT2D eigenvalue weighted by molar-refractivity contribution is 7.92. The number of methoxy groups -OCH3 is 2. The average molecular weight is 301 g/mol. The summed E-state index contributed by atoms with van der Waals surface area (Å²) in [5, 5.41) is 1.49. The molecule has 0 aliphatic rings. The van der Waals surface area contributed by atoms with Crippen LogP contribution in [0.3, 0.4) is 0 Å². The minimum atomic E-state index is -3.40. The number of benzene rings is 1. The van der Waals surface area contributed by atoms with E-state index in [0.717, 1.165) is 6.26 Å². The maximum Gasteiger partial charge on any atom is 0.238 e. The van der Waals surface area contributed by atoms with Gasteiger partial charge < -0.3 is 14.8 Å². The fraction of sp³-hybridized carbons (Fsp3) is 0.462. The zero-order chi connectivity index (χ0) is 15.3. The molecule has 112 valence electrons. The molecule has 20 heavy (non-hydrogen) atoms. The van der Waals surface area contributed by atoms with Gasteiger partial charge in [-0.3, -0.25) is 4.79 Å². The lowest BCUT2D eigenvalue weighted by atomic mass is 10.2. The standard InChI is InChI=1S/C13H19NO5S/c1-9(20(4,16)17)13(15)14-8-10-7-11(18-2)5-6-12(10)19-3/h5-7,9H,8H2,1-4H3,(H,14,15). The van der Waals surface area contributed by atoms with Crippen LogP contribution in [0.2, 0.25) is 0 Å². The van der Waals surface area contributed by atoms with Crippen LogP contribution >= 0.6 is 0 Å². The molecule has 0 fully saturated rings. The second-order valence-corrected chi connectivity index (χ2v) is 6.73. The lowest BCUT2D eigenvalue weighted by Gasteiger charge is -2.13. The number of amides is 1. The summed E-state index contributed by atoms with van der Waals surface area (Å²) in [5.41, 5.74) is 0.709. The van der Waals surface area contributed by atoms with Crippen LogP contribution in [0.25, 0.3) is 0 Å². The second-order valence-electron chi connectivity index (χ2n) is 4.37. The zero-order valence-electron chi connectivity index (χ0n) is 12.0. The molecule has 7 heteroatoms. The quantitative estimate of drug-likeness (QED) is 0.838. The van der Waals surface area contributed by atoms with Crippen molar-refractivity contribution in [3.05, 3.63) is 23.8 Å². The van der Waals surface area contributed by atoms with E-state index in [1.54, 1.807) is 18.2 Å². The molecule has 1 rings (SSSR count). The van der Waals surface area contributed by atoms with E-state index < -0.39 is 21.0 Å². The fourth-order valence-corrected chi connectivity index (χ4v) is 2.01. The Kier molecular flexibility index (Phi) is 5.38. The smallest absolute Gasteiger partial charge is 0.238 e. The fourth-order valence-electron chi connectivity index (χ4n) is 1.54. The van der Waals surface area contributed by atoms with E-state index >= 15 is 0 Å². The molecule has 0 heterocycles. The van der Waals surface area contributed by atoms with E-state index in [1.165, 1.54) is 21.1 Å². The molecule has 0 aliphatic carbocycles. The predicted molar refractivity (Wildman–Crippen MR) is 75.7 cm³/mol. The SMILES string of the molecule is COc1ccc(OC)c(CNC(=O)C(C)S(C)(=O)=O)c1. The Labute approximate surface area is 119 Å². The first-order valence-electron chi connectivity index (χ1n) is 5.97. The topological polar surface area (TPSA) is 81.7 Å². The first kappa shape index (κ1) is 16.3. The number of carbonyl (C=O) groups excluding carboxylic acids is 1. The van der Waals surface area contributed by atoms with Crippen molar-refractivity contribution in [1.29, 1.82) is 0 Å². The molecule has 1 aromatic rings. The molecule has 0 saturated carbocycles. The van der Waals surface area contributed by atoms with Gasteiger partial charge in [-0.2, -0.15) is 0 Å². The second kappa shape index (κ2) is 6.60. The molecule has 1 amide bonds. The van der Waals surface area contributed by atoms with Gasteiger partial charge >= 0.3 is 0 Å². The summed E-state index contributed by atoms with van der Waals surface area (Å²) < 4.78 is 32.9. The van der Waals surface area contributed by atoms with Gasteiger partial charge in [-0.05, 0) is 25.1 Å². The number of hydrogen-bond acceptors (Lipinski definition) is 5. The van der Waals surface area contributed by atoms with E-state index in [0.29, 0.717) is 17.1 Å². The highest BCUT2D eigenvalue weighted by Crippen LogP contribution is 2.23. The molecule has 0 radical (unpaired) electrons. The third-order valence-electron chi connectivity index (χ3n) is 2.95. The first-order chi connectivity index (χ1) is 9.29. The van der Waals surface area contributed by atoms with E-state index in [4.69, 9.17) is 9.47 Å². The van der Waals surface area contributed by atoms with Gasteiger partial charge in [0.2, 0.25) is 5.91 Å². The monoisotopic (exact) mass is 301 g/mol. The number of sulfone groups is 1. The highest BCUT2D eigenvalue weighted by atomic mass is 32.2. The van der Waals surface area contributed by atoms with Crippen molar-refractivity contribution in [3.8, 4) is 11.5 Å². The normalized spacial score (nSPS) is 12.6. The molecule has 0 bridgehead atoms. The summed E-state index contributed by atoms with van der Waals surface area (Å²) in [5.74, 6) is 0.682. The third-order valence-corrected chi connectivity index (χ3v) is 4.45. The van der Waals surface area contributed by atoms with Crippen LogP contribution in [0, 0.1) is 0 Å². The Bertz CT molecular complexity index is 582. The average Bonchev–Trinajstić information content (AvgIpc) is 2.42. The van der Waals surface area contributed by atoms with Crippen LogP contribution < -0.4 is 14.8 Å². The molecule has 1 aromatic carbocycles. The molecule has 0 aromatic heterocycles. The molecule has 0 aliphatic heterocycles. The highest BCUT2D eigenvalue weighted by Gasteiger charge is 2.23. The molecular weight excluding hydrogens is 282 g/mol. The number of nitrogens with one attached hydrogen (secondary N) is 1. The molecule has 6 nitrogen and oxygen atoms in total. The summed E-state index contributed by atoms with van der Waals surface area (Å²) in [7, 11) is -0.345. The molecule has 1 atom stereocenters. The molecule has 0 spiro atoms. The molecule has 0 saturated heterocycles. The summed E-state index contributed by atoms with van der Waals surface area (Å²) in [4.78, 5) is 11.8. The number of rotatable bonds is 6. The maximum atomic E-state index is 11.8. The van der Waals surface area contributed by atoms with E-state index in [-0.39, 0.29) is 6.54 Å². The Hall–Kier alpha value is -1.76. The summed E-state index contributed by atoms with van der Waals surface area (Å²) in [6, 6.07) is 5.19. The summed E-state index contributed by atoms with van der Waals surface area (Å²) in [6.45, 7) is 1.52. The van der Waals surface area contributed by atoms with E-state index in [9.17, 15) is 13.2 Å². The van der Waals surface area contributed by atoms with Gasteiger partial charge in [0.25, 0.3) is 0 Å². The van der Waals surface area contributed by atoms with Crippen LogP contribution in [0.15, 0.2) is 18.2 Å². The van der Waals surface area contributed by atoms with Crippen LogP contribution in [0.4, 0.5) is 0 Å². The van der Waals surface area contributed by atoms with Crippen LogP contribution in [0.1, 0.15) is 12.5 Å². The van der Waals surface area contributed by atoms with E-state index in [1.807, 2.05) is 0 Å². The van der Waals surface area contributed by atoms with Crippen molar-refractivity contribution in [2.24, 2.45) is 0 Å². The Morgan fingerprint density at radius 3 is 2.45 bits per heavy atom. The first-order valence-corrected chi connectivity index (χ1v) is 7.92. The van der Waals surface area contributed by atoms with Gasteiger partial charge in [-0.1, -0.05) is 0 Å². The summed E-state index contributed by atoms with van der Waals surface area (Å²) in [6.07, 6.45) is 1.03. The van der Waals surface area contributed by atoms with Gasteiger partial charge in [0, 0.05) is 18.4 Å². The van der Waals surface area contributed by atoms with Crippen molar-refractivity contribution >= 4 is 15.7 Å². The molecule has 1 N–H and O–H groups in total. The number of hydrogen-bond donors (Lipinski definition) is 1. The lowest BCUT2D eigenvalue weighted by Crippen LogP contribution is -2.37. The lowest BCUT2D eigenvalue weighted by molar-refractivity contribution is -0.120. The van der Waals surface area contributed by atoms with Gasteiger partial charge in [-0.15, -0.1) is 0 Å². The van der Waals surface area contributed by atoms with Gasteiger partial charge in [-0.25, -0.2) is 8.42 Å². The molecular formula is C13H19NO5S. The van der Waals surface area contributed by atoms with Crippen molar-refractivity contribution < 1.29 is 22.7 Å². The Balaban J connectivity index is 2.81. The largest absolute Gasteiger partial charge is 0.497 e. The minimum Gasteiger partial charge on any atom is -0.497 e. The van der Waals surface area contributed by atoms with Crippen molar-refractivity contribution in [1.82, 2.24) is 5.32 Å². The van der Waals surface area contributed by atoms with Gasteiger partial charge in [0.05, 0.1) is 14.2 Å². The van der Waals surface area contributed by atoms with Crippen molar-refractivity contribution in [3.63, 3.8) is 0 Å². The van der Waals surface area contributed by atoms with Gasteiger partial charge in [0.15, 0.2) is 9.84 Å². The third kappa shape index (κ3) is 4.12. The van der Waals surface area contributed by atoms with Crippen molar-refractivity contribution in [2.45, 2.75) is 18.7 Å². The number of carbonyl (C=O) groups is 1. The van der Waals surface area contributed by atoms with Crippen LogP contribution in [-0.2, 0) is 21.2 Å². The maximum absolute atomic E-state index is 11.8. The van der Waals surface area contributed by atoms with Crippen LogP contribution in [-0.4, -0.2) is 40.1 Å². The van der Waals surface area contributed by atoms with E-state index in [2.05, 4.69) is 5.32 Å². The number of ether oxygens (including phenoxy) is 2. The van der Waals surface area contributed by atoms with Gasteiger partial charge in [0.1, 0.15) is 16.7 Å². The van der Waals surface area contributed by atoms with Crippen molar-refractivity contribution in [2.75, 3.05) is 20.5 Å². The Morgan fingerprint density at radius 2 is 1.95 bits per heavy atom. The molecule has 1 unspecified atom stereocenters. The zero-order valence-corrected chi connectivity index (χ0v) is 12.8.